The van der Waals surface area contributed by atoms with Crippen molar-refractivity contribution in [2.45, 2.75) is 38.8 Å². The van der Waals surface area contributed by atoms with E-state index >= 15 is 0 Å². The lowest BCUT2D eigenvalue weighted by Crippen LogP contribution is -2.35. The number of para-hydroxylation sites is 1. The van der Waals surface area contributed by atoms with Crippen molar-refractivity contribution in [2.75, 3.05) is 23.3 Å². The number of benzene rings is 1. The molecule has 0 amide bonds. The normalized spacial score (nSPS) is 18.9. The molecule has 1 N–H and O–H groups in total. The van der Waals surface area contributed by atoms with Crippen LogP contribution in [0.1, 0.15) is 26.7 Å². The van der Waals surface area contributed by atoms with Gasteiger partial charge in [-0.25, -0.2) is 0 Å². The minimum Gasteiger partial charge on any atom is -0.489 e. The van der Waals surface area contributed by atoms with Gasteiger partial charge in [0.25, 0.3) is 0 Å². The summed E-state index contributed by atoms with van der Waals surface area (Å²) in [6.45, 7) is 6.27. The zero-order chi connectivity index (χ0) is 11.8. The minimum absolute atomic E-state index is 0.222. The van der Waals surface area contributed by atoms with Gasteiger partial charge in [0.2, 0.25) is 0 Å². The van der Waals surface area contributed by atoms with Crippen molar-refractivity contribution in [1.29, 1.82) is 0 Å². The lowest BCUT2D eigenvalue weighted by atomic mass is 10.1. The highest BCUT2D eigenvalue weighted by Gasteiger charge is 2.32. The molecule has 17 heavy (non-hydrogen) atoms. The predicted molar refractivity (Wildman–Crippen MR) is 71.1 cm³/mol. The standard InChI is InChI=1S/C14H20N2O/c1-10(2)17-13-5-3-4-12-14(13)15-8-9-16(12)11-6-7-11/h3-5,10-11,15H,6-9H2,1-2H3. The Labute approximate surface area is 103 Å². The average molecular weight is 232 g/mol. The lowest BCUT2D eigenvalue weighted by molar-refractivity contribution is 0.243. The van der Waals surface area contributed by atoms with Gasteiger partial charge in [0.1, 0.15) is 11.4 Å². The van der Waals surface area contributed by atoms with Gasteiger partial charge in [-0.3, -0.25) is 0 Å². The van der Waals surface area contributed by atoms with Crippen LogP contribution in [0.5, 0.6) is 5.75 Å². The van der Waals surface area contributed by atoms with E-state index in [0.29, 0.717) is 0 Å². The summed E-state index contributed by atoms with van der Waals surface area (Å²) in [6, 6.07) is 7.12. The van der Waals surface area contributed by atoms with Crippen LogP contribution in [-0.4, -0.2) is 25.2 Å². The van der Waals surface area contributed by atoms with E-state index in [9.17, 15) is 0 Å². The second kappa shape index (κ2) is 4.13. The molecule has 1 fully saturated rings. The van der Waals surface area contributed by atoms with Crippen molar-refractivity contribution in [3.8, 4) is 5.75 Å². The maximum absolute atomic E-state index is 5.87. The van der Waals surface area contributed by atoms with Crippen molar-refractivity contribution in [3.63, 3.8) is 0 Å². The topological polar surface area (TPSA) is 24.5 Å². The van der Waals surface area contributed by atoms with Crippen molar-refractivity contribution < 1.29 is 4.74 Å². The lowest BCUT2D eigenvalue weighted by Gasteiger charge is -2.33. The molecule has 0 bridgehead atoms. The fourth-order valence-corrected chi connectivity index (χ4v) is 2.48. The van der Waals surface area contributed by atoms with Gasteiger partial charge in [-0.2, -0.15) is 0 Å². The molecule has 1 aromatic rings. The zero-order valence-corrected chi connectivity index (χ0v) is 10.6. The molecule has 0 atom stereocenters. The van der Waals surface area contributed by atoms with E-state index in [2.05, 4.69) is 42.3 Å². The Balaban J connectivity index is 1.94. The number of nitrogens with one attached hydrogen (secondary N) is 1. The second-order valence-corrected chi connectivity index (χ2v) is 5.17. The molecule has 0 aromatic heterocycles. The predicted octanol–water partition coefficient (Wildman–Crippen LogP) is 2.87. The van der Waals surface area contributed by atoms with Crippen LogP contribution in [0, 0.1) is 0 Å². The Morgan fingerprint density at radius 1 is 1.35 bits per heavy atom. The molecule has 3 nitrogen and oxygen atoms in total. The van der Waals surface area contributed by atoms with Crippen molar-refractivity contribution >= 4 is 11.4 Å². The Hall–Kier alpha value is -1.38. The molecule has 1 saturated carbocycles. The van der Waals surface area contributed by atoms with Crippen LogP contribution in [0.4, 0.5) is 11.4 Å². The van der Waals surface area contributed by atoms with Crippen molar-refractivity contribution in [1.82, 2.24) is 0 Å². The third-order valence-corrected chi connectivity index (χ3v) is 3.32. The van der Waals surface area contributed by atoms with E-state index in [1.165, 1.54) is 24.2 Å². The Morgan fingerprint density at radius 3 is 2.88 bits per heavy atom. The van der Waals surface area contributed by atoms with E-state index < -0.39 is 0 Å². The van der Waals surface area contributed by atoms with Gasteiger partial charge in [0.15, 0.2) is 0 Å². The van der Waals surface area contributed by atoms with E-state index in [0.717, 1.165) is 24.9 Å². The van der Waals surface area contributed by atoms with Crippen molar-refractivity contribution in [3.05, 3.63) is 18.2 Å². The number of anilines is 2. The Kier molecular flexibility index (Phi) is 2.61. The summed E-state index contributed by atoms with van der Waals surface area (Å²) < 4.78 is 5.87. The number of hydrogen-bond acceptors (Lipinski definition) is 3. The maximum atomic E-state index is 5.87. The number of hydrogen-bond donors (Lipinski definition) is 1. The number of rotatable bonds is 3. The molecular formula is C14H20N2O. The summed E-state index contributed by atoms with van der Waals surface area (Å²) >= 11 is 0. The van der Waals surface area contributed by atoms with Gasteiger partial charge in [0, 0.05) is 19.1 Å². The smallest absolute Gasteiger partial charge is 0.144 e. The Morgan fingerprint density at radius 2 is 2.18 bits per heavy atom. The fraction of sp³-hybridized carbons (Fsp3) is 0.571. The van der Waals surface area contributed by atoms with E-state index in [1.807, 2.05) is 0 Å². The SMILES string of the molecule is CC(C)Oc1cccc2c1NCCN2C1CC1. The molecule has 0 saturated heterocycles. The molecule has 3 rings (SSSR count). The summed E-state index contributed by atoms with van der Waals surface area (Å²) in [5.74, 6) is 0.989. The highest BCUT2D eigenvalue weighted by atomic mass is 16.5. The summed E-state index contributed by atoms with van der Waals surface area (Å²) in [5.41, 5.74) is 2.50. The van der Waals surface area contributed by atoms with Gasteiger partial charge in [-0.1, -0.05) is 6.07 Å². The van der Waals surface area contributed by atoms with Crippen LogP contribution in [-0.2, 0) is 0 Å². The third-order valence-electron chi connectivity index (χ3n) is 3.32. The minimum atomic E-state index is 0.222. The maximum Gasteiger partial charge on any atom is 0.144 e. The molecule has 0 unspecified atom stereocenters. The monoisotopic (exact) mass is 232 g/mol. The largest absolute Gasteiger partial charge is 0.489 e. The summed E-state index contributed by atoms with van der Waals surface area (Å²) in [6.07, 6.45) is 2.91. The number of fused-ring (bicyclic) bond motifs is 1. The highest BCUT2D eigenvalue weighted by Crippen LogP contribution is 2.42. The molecule has 1 aliphatic heterocycles. The molecule has 92 valence electrons. The first-order chi connectivity index (χ1) is 8.25. The fourth-order valence-electron chi connectivity index (χ4n) is 2.48. The van der Waals surface area contributed by atoms with Gasteiger partial charge in [-0.15, -0.1) is 0 Å². The third kappa shape index (κ3) is 2.06. The van der Waals surface area contributed by atoms with Gasteiger partial charge < -0.3 is 15.0 Å². The van der Waals surface area contributed by atoms with Gasteiger partial charge in [-0.05, 0) is 38.8 Å². The van der Waals surface area contributed by atoms with Gasteiger partial charge >= 0.3 is 0 Å². The zero-order valence-electron chi connectivity index (χ0n) is 10.6. The second-order valence-electron chi connectivity index (χ2n) is 5.17. The summed E-state index contributed by atoms with van der Waals surface area (Å²) in [7, 11) is 0. The summed E-state index contributed by atoms with van der Waals surface area (Å²) in [5, 5.41) is 3.48. The van der Waals surface area contributed by atoms with E-state index in [1.54, 1.807) is 0 Å². The van der Waals surface area contributed by atoms with Crippen molar-refractivity contribution in [2.24, 2.45) is 0 Å². The van der Waals surface area contributed by atoms with Crippen LogP contribution < -0.4 is 15.0 Å². The molecular weight excluding hydrogens is 212 g/mol. The molecule has 3 heteroatoms. The van der Waals surface area contributed by atoms with Gasteiger partial charge in [0.05, 0.1) is 11.8 Å². The number of ether oxygens (including phenoxy) is 1. The van der Waals surface area contributed by atoms with Crippen LogP contribution in [0.15, 0.2) is 18.2 Å². The first kappa shape index (κ1) is 10.8. The Bertz CT molecular complexity index is 413. The molecule has 1 heterocycles. The molecule has 2 aliphatic rings. The first-order valence-corrected chi connectivity index (χ1v) is 6.56. The quantitative estimate of drug-likeness (QED) is 0.867. The van der Waals surface area contributed by atoms with Crippen LogP contribution in [0.3, 0.4) is 0 Å². The van der Waals surface area contributed by atoms with Crippen LogP contribution in [0.2, 0.25) is 0 Å². The molecule has 1 aliphatic carbocycles. The van der Waals surface area contributed by atoms with E-state index in [-0.39, 0.29) is 6.10 Å². The van der Waals surface area contributed by atoms with Crippen LogP contribution in [0.25, 0.3) is 0 Å². The summed E-state index contributed by atoms with van der Waals surface area (Å²) in [4.78, 5) is 2.53. The van der Waals surface area contributed by atoms with Crippen LogP contribution >= 0.6 is 0 Å². The molecule has 0 radical (unpaired) electrons. The highest BCUT2D eigenvalue weighted by molar-refractivity contribution is 5.78. The van der Waals surface area contributed by atoms with E-state index in [4.69, 9.17) is 4.74 Å². The molecule has 0 spiro atoms. The first-order valence-electron chi connectivity index (χ1n) is 6.56. The molecule has 1 aromatic carbocycles. The number of nitrogens with zero attached hydrogens (tertiary/aromatic N) is 1. The average Bonchev–Trinajstić information content (AvgIpc) is 3.12.